The van der Waals surface area contributed by atoms with Crippen LogP contribution in [-0.2, 0) is 0 Å². The molecule has 0 fully saturated rings. The van der Waals surface area contributed by atoms with Crippen molar-refractivity contribution in [2.24, 2.45) is 0 Å². The highest BCUT2D eigenvalue weighted by Gasteiger charge is 2.21. The maximum atomic E-state index is 12.6. The molecule has 1 atom stereocenters. The zero-order valence-corrected chi connectivity index (χ0v) is 17.5. The van der Waals surface area contributed by atoms with Gasteiger partial charge in [0.1, 0.15) is 16.5 Å². The number of ether oxygens (including phenoxy) is 2. The molecule has 3 aromatic rings. The number of amides is 2. The lowest BCUT2D eigenvalue weighted by Crippen LogP contribution is -2.31. The molecule has 7 heteroatoms. The number of anilines is 1. The summed E-state index contributed by atoms with van der Waals surface area (Å²) in [4.78, 5) is 13.8. The highest BCUT2D eigenvalue weighted by molar-refractivity contribution is 7.14. The number of urea groups is 1. The lowest BCUT2D eigenvalue weighted by Gasteiger charge is -2.18. The van der Waals surface area contributed by atoms with E-state index in [1.807, 2.05) is 31.5 Å². The fourth-order valence-corrected chi connectivity index (χ4v) is 4.33. The molecule has 2 heterocycles. The molecule has 0 bridgehead atoms. The summed E-state index contributed by atoms with van der Waals surface area (Å²) in [5, 5.41) is 7.02. The van der Waals surface area contributed by atoms with E-state index in [9.17, 15) is 4.79 Å². The van der Waals surface area contributed by atoms with E-state index < -0.39 is 0 Å². The first-order valence-electron chi connectivity index (χ1n) is 8.96. The molecule has 6 nitrogen and oxygen atoms in total. The van der Waals surface area contributed by atoms with Gasteiger partial charge in [0.2, 0.25) is 0 Å². The summed E-state index contributed by atoms with van der Waals surface area (Å²) in [5.74, 6) is 1.23. The summed E-state index contributed by atoms with van der Waals surface area (Å²) in [6.07, 6.45) is 4.03. The van der Waals surface area contributed by atoms with Crippen LogP contribution in [0.3, 0.4) is 0 Å². The van der Waals surface area contributed by atoms with Crippen LogP contribution >= 0.6 is 11.3 Å². The SMILES string of the molecule is COc1cc(NC(=O)N[C@H](C)c2c(-n3cccc3)sc(C)c2C)cc(OC)c1. The van der Waals surface area contributed by atoms with Crippen LogP contribution in [0.5, 0.6) is 11.5 Å². The second-order valence-electron chi connectivity index (χ2n) is 6.51. The summed E-state index contributed by atoms with van der Waals surface area (Å²) in [7, 11) is 3.15. The quantitative estimate of drug-likeness (QED) is 0.609. The smallest absolute Gasteiger partial charge is 0.319 e. The predicted molar refractivity (Wildman–Crippen MR) is 113 cm³/mol. The van der Waals surface area contributed by atoms with Crippen molar-refractivity contribution in [1.82, 2.24) is 9.88 Å². The molecular formula is C21H25N3O3S. The lowest BCUT2D eigenvalue weighted by atomic mass is 10.1. The number of nitrogens with one attached hydrogen (secondary N) is 2. The topological polar surface area (TPSA) is 64.5 Å². The van der Waals surface area contributed by atoms with Gasteiger partial charge in [-0.3, -0.25) is 0 Å². The molecule has 3 rings (SSSR count). The van der Waals surface area contributed by atoms with Crippen LogP contribution in [0.1, 0.15) is 29.0 Å². The number of aryl methyl sites for hydroxylation is 1. The number of hydrogen-bond acceptors (Lipinski definition) is 4. The maximum absolute atomic E-state index is 12.6. The first kappa shape index (κ1) is 19.8. The van der Waals surface area contributed by atoms with Gasteiger partial charge in [0.05, 0.1) is 20.3 Å². The average Bonchev–Trinajstić information content (AvgIpc) is 3.29. The van der Waals surface area contributed by atoms with Crippen molar-refractivity contribution in [3.05, 3.63) is 58.7 Å². The van der Waals surface area contributed by atoms with Crippen molar-refractivity contribution in [3.63, 3.8) is 0 Å². The Morgan fingerprint density at radius 3 is 2.25 bits per heavy atom. The van der Waals surface area contributed by atoms with Crippen molar-refractivity contribution in [1.29, 1.82) is 0 Å². The van der Waals surface area contributed by atoms with Crippen molar-refractivity contribution in [3.8, 4) is 16.5 Å². The average molecular weight is 400 g/mol. The molecule has 0 saturated carbocycles. The Hall–Kier alpha value is -2.93. The Morgan fingerprint density at radius 1 is 1.07 bits per heavy atom. The molecule has 1 aromatic carbocycles. The fraction of sp³-hybridized carbons (Fsp3) is 0.286. The van der Waals surface area contributed by atoms with Gasteiger partial charge in [0.15, 0.2) is 0 Å². The third kappa shape index (κ3) is 4.14. The monoisotopic (exact) mass is 399 g/mol. The molecule has 0 unspecified atom stereocenters. The van der Waals surface area contributed by atoms with Crippen molar-refractivity contribution in [2.45, 2.75) is 26.8 Å². The van der Waals surface area contributed by atoms with Gasteiger partial charge in [0, 0.05) is 46.7 Å². The van der Waals surface area contributed by atoms with Crippen LogP contribution in [0.25, 0.3) is 5.00 Å². The number of rotatable bonds is 6. The van der Waals surface area contributed by atoms with Gasteiger partial charge in [-0.15, -0.1) is 11.3 Å². The maximum Gasteiger partial charge on any atom is 0.319 e. The highest BCUT2D eigenvalue weighted by Crippen LogP contribution is 2.35. The second kappa shape index (κ2) is 8.39. The van der Waals surface area contributed by atoms with Gasteiger partial charge in [-0.1, -0.05) is 0 Å². The zero-order valence-electron chi connectivity index (χ0n) is 16.7. The molecule has 0 aliphatic carbocycles. The van der Waals surface area contributed by atoms with Crippen molar-refractivity contribution in [2.75, 3.05) is 19.5 Å². The normalized spacial score (nSPS) is 11.8. The molecule has 2 N–H and O–H groups in total. The van der Waals surface area contributed by atoms with Crippen LogP contribution in [0.4, 0.5) is 10.5 Å². The standard InChI is InChI=1S/C21H25N3O3S/c1-13-15(3)28-20(24-8-6-7-9-24)19(13)14(2)22-21(25)23-16-10-17(26-4)12-18(11-16)27-5/h6-12,14H,1-5H3,(H2,22,23,25)/t14-/m1/s1. The number of methoxy groups -OCH3 is 2. The minimum atomic E-state index is -0.287. The van der Waals surface area contributed by atoms with E-state index in [1.54, 1.807) is 43.8 Å². The first-order chi connectivity index (χ1) is 13.4. The van der Waals surface area contributed by atoms with Gasteiger partial charge in [0.25, 0.3) is 0 Å². The van der Waals surface area contributed by atoms with Crippen LogP contribution in [0.15, 0.2) is 42.7 Å². The molecule has 148 valence electrons. The summed E-state index contributed by atoms with van der Waals surface area (Å²) < 4.78 is 12.6. The molecule has 2 aromatic heterocycles. The number of aromatic nitrogens is 1. The van der Waals surface area contributed by atoms with E-state index in [4.69, 9.17) is 9.47 Å². The Kier molecular flexibility index (Phi) is 5.94. The minimum absolute atomic E-state index is 0.158. The Labute approximate surface area is 169 Å². The molecule has 0 radical (unpaired) electrons. The van der Waals surface area contributed by atoms with Gasteiger partial charge in [-0.2, -0.15) is 0 Å². The highest BCUT2D eigenvalue weighted by atomic mass is 32.1. The Bertz CT molecular complexity index is 941. The first-order valence-corrected chi connectivity index (χ1v) is 9.78. The number of carbonyl (C=O) groups is 1. The predicted octanol–water partition coefficient (Wildman–Crippen LogP) is 5.06. The Balaban J connectivity index is 1.79. The van der Waals surface area contributed by atoms with Crippen molar-refractivity contribution >= 4 is 23.1 Å². The number of carbonyl (C=O) groups excluding carboxylic acids is 1. The largest absolute Gasteiger partial charge is 0.497 e. The number of benzene rings is 1. The molecule has 2 amide bonds. The van der Waals surface area contributed by atoms with Gasteiger partial charge >= 0.3 is 6.03 Å². The van der Waals surface area contributed by atoms with E-state index >= 15 is 0 Å². The summed E-state index contributed by atoms with van der Waals surface area (Å²) in [6, 6.07) is 8.80. The van der Waals surface area contributed by atoms with Crippen LogP contribution in [-0.4, -0.2) is 24.8 Å². The molecule has 0 aliphatic rings. The third-order valence-electron chi connectivity index (χ3n) is 4.64. The number of thiophene rings is 1. The molecule has 28 heavy (non-hydrogen) atoms. The van der Waals surface area contributed by atoms with Crippen LogP contribution in [0, 0.1) is 13.8 Å². The molecular weight excluding hydrogens is 374 g/mol. The van der Waals surface area contributed by atoms with E-state index in [2.05, 4.69) is 29.0 Å². The summed E-state index contributed by atoms with van der Waals surface area (Å²) >= 11 is 1.73. The summed E-state index contributed by atoms with van der Waals surface area (Å²) in [5.41, 5.74) is 2.92. The van der Waals surface area contributed by atoms with E-state index in [-0.39, 0.29) is 12.1 Å². The number of nitrogens with zero attached hydrogens (tertiary/aromatic N) is 1. The van der Waals surface area contributed by atoms with Crippen molar-refractivity contribution < 1.29 is 14.3 Å². The third-order valence-corrected chi connectivity index (χ3v) is 5.88. The molecule has 0 aliphatic heterocycles. The van der Waals surface area contributed by atoms with Crippen LogP contribution < -0.4 is 20.1 Å². The van der Waals surface area contributed by atoms with Gasteiger partial charge in [-0.05, 0) is 38.5 Å². The summed E-state index contributed by atoms with van der Waals surface area (Å²) in [6.45, 7) is 6.19. The van der Waals surface area contributed by atoms with Gasteiger partial charge in [-0.25, -0.2) is 4.79 Å². The number of hydrogen-bond donors (Lipinski definition) is 2. The second-order valence-corrected chi connectivity index (χ2v) is 7.72. The zero-order chi connectivity index (χ0) is 20.3. The lowest BCUT2D eigenvalue weighted by molar-refractivity contribution is 0.249. The van der Waals surface area contributed by atoms with E-state index in [0.29, 0.717) is 17.2 Å². The van der Waals surface area contributed by atoms with E-state index in [0.717, 1.165) is 10.6 Å². The molecule has 0 spiro atoms. The van der Waals surface area contributed by atoms with Gasteiger partial charge < -0.3 is 24.7 Å². The van der Waals surface area contributed by atoms with Crippen LogP contribution in [0.2, 0.25) is 0 Å². The Morgan fingerprint density at radius 2 is 1.68 bits per heavy atom. The minimum Gasteiger partial charge on any atom is -0.497 e. The fourth-order valence-electron chi connectivity index (χ4n) is 3.11. The van der Waals surface area contributed by atoms with E-state index in [1.165, 1.54) is 10.4 Å². The molecule has 0 saturated heterocycles.